The van der Waals surface area contributed by atoms with Gasteiger partial charge < -0.3 is 14.8 Å². The lowest BCUT2D eigenvalue weighted by molar-refractivity contribution is -0.384. The minimum absolute atomic E-state index is 0.0439. The van der Waals surface area contributed by atoms with Crippen molar-refractivity contribution in [2.75, 3.05) is 19.0 Å². The molecule has 0 heterocycles. The summed E-state index contributed by atoms with van der Waals surface area (Å²) < 4.78 is 9.49. The lowest BCUT2D eigenvalue weighted by atomic mass is 10.1. The van der Waals surface area contributed by atoms with Crippen LogP contribution in [0.4, 0.5) is 11.4 Å². The van der Waals surface area contributed by atoms with Crippen LogP contribution in [-0.2, 0) is 14.3 Å². The van der Waals surface area contributed by atoms with Crippen molar-refractivity contribution in [3.8, 4) is 0 Å². The predicted molar refractivity (Wildman–Crippen MR) is 99.5 cm³/mol. The largest absolute Gasteiger partial charge is 0.465 e. The molecule has 0 aliphatic heterocycles. The summed E-state index contributed by atoms with van der Waals surface area (Å²) in [5.74, 6) is -2.22. The average Bonchev–Trinajstić information content (AvgIpc) is 2.67. The second-order valence-electron chi connectivity index (χ2n) is 5.57. The SMILES string of the molecule is COC(=O)c1ccc(C)c(NC(=O)COC(=O)c2cc([N+](=O)[O-])ccc2Cl)c1. The number of nitrogens with zero attached hydrogens (tertiary/aromatic N) is 1. The van der Waals surface area contributed by atoms with Gasteiger partial charge in [0.15, 0.2) is 6.61 Å². The fraction of sp³-hybridized carbons (Fsp3) is 0.167. The Kier molecular flexibility index (Phi) is 6.67. The van der Waals surface area contributed by atoms with Gasteiger partial charge in [-0.15, -0.1) is 0 Å². The number of nitrogens with one attached hydrogen (secondary N) is 1. The number of benzene rings is 2. The minimum Gasteiger partial charge on any atom is -0.465 e. The highest BCUT2D eigenvalue weighted by molar-refractivity contribution is 6.33. The van der Waals surface area contributed by atoms with Crippen LogP contribution in [-0.4, -0.2) is 36.5 Å². The zero-order valence-electron chi connectivity index (χ0n) is 14.9. The molecule has 0 bridgehead atoms. The molecular weight excluding hydrogens is 392 g/mol. The average molecular weight is 407 g/mol. The molecule has 0 saturated heterocycles. The van der Waals surface area contributed by atoms with Gasteiger partial charge in [-0.05, 0) is 30.7 Å². The molecule has 146 valence electrons. The van der Waals surface area contributed by atoms with Gasteiger partial charge in [0.1, 0.15) is 0 Å². The van der Waals surface area contributed by atoms with Crippen molar-refractivity contribution in [1.82, 2.24) is 0 Å². The van der Waals surface area contributed by atoms with E-state index in [0.29, 0.717) is 11.3 Å². The van der Waals surface area contributed by atoms with Crippen molar-refractivity contribution in [2.24, 2.45) is 0 Å². The maximum absolute atomic E-state index is 12.1. The molecule has 2 aromatic rings. The van der Waals surface area contributed by atoms with E-state index in [1.807, 2.05) is 0 Å². The fourth-order valence-corrected chi connectivity index (χ4v) is 2.37. The van der Waals surface area contributed by atoms with Crippen LogP contribution >= 0.6 is 11.6 Å². The van der Waals surface area contributed by atoms with E-state index >= 15 is 0 Å². The van der Waals surface area contributed by atoms with Crippen molar-refractivity contribution < 1.29 is 28.8 Å². The van der Waals surface area contributed by atoms with Gasteiger partial charge >= 0.3 is 11.9 Å². The molecule has 0 spiro atoms. The number of rotatable bonds is 6. The van der Waals surface area contributed by atoms with Crippen molar-refractivity contribution in [3.63, 3.8) is 0 Å². The number of esters is 2. The number of carbonyl (C=O) groups is 3. The van der Waals surface area contributed by atoms with Gasteiger partial charge in [-0.25, -0.2) is 9.59 Å². The molecule has 28 heavy (non-hydrogen) atoms. The van der Waals surface area contributed by atoms with Gasteiger partial charge in [0.25, 0.3) is 11.6 Å². The summed E-state index contributed by atoms with van der Waals surface area (Å²) >= 11 is 5.85. The number of amides is 1. The van der Waals surface area contributed by atoms with E-state index in [1.54, 1.807) is 19.1 Å². The van der Waals surface area contributed by atoms with Crippen molar-refractivity contribution in [2.45, 2.75) is 6.92 Å². The third kappa shape index (κ3) is 5.04. The first-order valence-corrected chi connectivity index (χ1v) is 8.20. The number of ether oxygens (including phenoxy) is 2. The molecule has 2 rings (SSSR count). The lowest BCUT2D eigenvalue weighted by Crippen LogP contribution is -2.21. The summed E-state index contributed by atoms with van der Waals surface area (Å²) in [5.41, 5.74) is 0.693. The van der Waals surface area contributed by atoms with E-state index < -0.39 is 29.4 Å². The molecule has 10 heteroatoms. The summed E-state index contributed by atoms with van der Waals surface area (Å²) in [7, 11) is 1.24. The molecule has 1 N–H and O–H groups in total. The Morgan fingerprint density at radius 3 is 2.50 bits per heavy atom. The van der Waals surface area contributed by atoms with Crippen LogP contribution in [0.15, 0.2) is 36.4 Å². The fourth-order valence-electron chi connectivity index (χ4n) is 2.18. The number of nitro groups is 1. The third-order valence-electron chi connectivity index (χ3n) is 3.65. The van der Waals surface area contributed by atoms with E-state index in [-0.39, 0.29) is 21.8 Å². The normalized spacial score (nSPS) is 10.1. The van der Waals surface area contributed by atoms with E-state index in [4.69, 9.17) is 16.3 Å². The zero-order valence-corrected chi connectivity index (χ0v) is 15.6. The first kappa shape index (κ1) is 20.8. The Labute approximate surface area is 164 Å². The highest BCUT2D eigenvalue weighted by atomic mass is 35.5. The number of carbonyl (C=O) groups excluding carboxylic acids is 3. The molecular formula is C18H15ClN2O7. The van der Waals surface area contributed by atoms with Crippen LogP contribution in [0.1, 0.15) is 26.3 Å². The standard InChI is InChI=1S/C18H15ClN2O7/c1-10-3-4-11(17(23)27-2)7-15(10)20-16(22)9-28-18(24)13-8-12(21(25)26)5-6-14(13)19/h3-8H,9H2,1-2H3,(H,20,22). The number of non-ortho nitro benzene ring substituents is 1. The van der Waals surface area contributed by atoms with Gasteiger partial charge in [0.2, 0.25) is 0 Å². The van der Waals surface area contributed by atoms with Crippen LogP contribution in [0, 0.1) is 17.0 Å². The molecule has 1 amide bonds. The Hall–Kier alpha value is -3.46. The second kappa shape index (κ2) is 8.96. The molecule has 0 atom stereocenters. The van der Waals surface area contributed by atoms with E-state index in [1.165, 1.54) is 19.2 Å². The van der Waals surface area contributed by atoms with Gasteiger partial charge in [-0.1, -0.05) is 17.7 Å². The minimum atomic E-state index is -0.983. The first-order chi connectivity index (χ1) is 13.2. The number of anilines is 1. The van der Waals surface area contributed by atoms with E-state index in [9.17, 15) is 24.5 Å². The molecule has 9 nitrogen and oxygen atoms in total. The van der Waals surface area contributed by atoms with Crippen molar-refractivity contribution >= 4 is 40.8 Å². The molecule has 0 aromatic heterocycles. The smallest absolute Gasteiger partial charge is 0.340 e. The number of hydrogen-bond donors (Lipinski definition) is 1. The van der Waals surface area contributed by atoms with Gasteiger partial charge in [-0.2, -0.15) is 0 Å². The third-order valence-corrected chi connectivity index (χ3v) is 3.98. The molecule has 0 radical (unpaired) electrons. The molecule has 0 saturated carbocycles. The van der Waals surface area contributed by atoms with Crippen molar-refractivity contribution in [3.05, 3.63) is 68.2 Å². The number of hydrogen-bond acceptors (Lipinski definition) is 7. The summed E-state index contributed by atoms with van der Waals surface area (Å²) in [6.45, 7) is 1.06. The number of aryl methyl sites for hydroxylation is 1. The maximum Gasteiger partial charge on any atom is 0.340 e. The predicted octanol–water partition coefficient (Wildman–Crippen LogP) is 3.14. The Bertz CT molecular complexity index is 959. The highest BCUT2D eigenvalue weighted by Crippen LogP contribution is 2.23. The Balaban J connectivity index is 2.05. The highest BCUT2D eigenvalue weighted by Gasteiger charge is 2.18. The Morgan fingerprint density at radius 1 is 1.14 bits per heavy atom. The lowest BCUT2D eigenvalue weighted by Gasteiger charge is -2.11. The monoisotopic (exact) mass is 406 g/mol. The topological polar surface area (TPSA) is 125 Å². The van der Waals surface area contributed by atoms with Gasteiger partial charge in [0, 0.05) is 17.8 Å². The molecule has 0 fully saturated rings. The summed E-state index contributed by atoms with van der Waals surface area (Å²) in [6, 6.07) is 7.89. The van der Waals surface area contributed by atoms with Crippen LogP contribution in [0.3, 0.4) is 0 Å². The second-order valence-corrected chi connectivity index (χ2v) is 5.97. The van der Waals surface area contributed by atoms with Gasteiger partial charge in [0.05, 0.1) is 28.2 Å². The summed E-state index contributed by atoms with van der Waals surface area (Å²) in [6.07, 6.45) is 0. The van der Waals surface area contributed by atoms with Crippen LogP contribution in [0.5, 0.6) is 0 Å². The summed E-state index contributed by atoms with van der Waals surface area (Å²) in [4.78, 5) is 45.8. The van der Waals surface area contributed by atoms with E-state index in [2.05, 4.69) is 10.1 Å². The van der Waals surface area contributed by atoms with Crippen molar-refractivity contribution in [1.29, 1.82) is 0 Å². The number of nitro benzene ring substituents is 1. The molecule has 0 unspecified atom stereocenters. The Morgan fingerprint density at radius 2 is 1.86 bits per heavy atom. The number of halogens is 1. The van der Waals surface area contributed by atoms with E-state index in [0.717, 1.165) is 12.1 Å². The van der Waals surface area contributed by atoms with Gasteiger partial charge in [-0.3, -0.25) is 14.9 Å². The quantitative estimate of drug-likeness (QED) is 0.443. The summed E-state index contributed by atoms with van der Waals surface area (Å²) in [5, 5.41) is 13.3. The van der Waals surface area contributed by atoms with Crippen LogP contribution < -0.4 is 5.32 Å². The first-order valence-electron chi connectivity index (χ1n) is 7.82. The molecule has 0 aliphatic carbocycles. The maximum atomic E-state index is 12.1. The molecule has 0 aliphatic rings. The van der Waals surface area contributed by atoms with Crippen LogP contribution in [0.25, 0.3) is 0 Å². The molecule has 2 aromatic carbocycles. The number of methoxy groups -OCH3 is 1. The van der Waals surface area contributed by atoms with Crippen LogP contribution in [0.2, 0.25) is 5.02 Å². The zero-order chi connectivity index (χ0) is 20.8.